The third-order valence-electron chi connectivity index (χ3n) is 10.8. The number of esters is 1. The Balaban J connectivity index is 2.36. The standard InChI is InChI=1S/C40H69N6O9P/c1-14-27(4)36(45(10)39(50)35(26(2)3)42-40(43(6)7)44(8)9)31(53-11)24-33(47)46-22-18-21-30(46)37(55-13)28(5)38(49)41-32(23-29-19-16-15-17-20-29)56(51,52)25-34(48)54-12/h15-17,19-20,26-28,30-32,35-37H,14,18,21-25H2,1-13H3,(H,41,49)(H,51,52)/t27-,28+,30?,31+,32+,35-,36-,37+/m0/s1. The molecule has 0 aliphatic carbocycles. The second-order valence-electron chi connectivity index (χ2n) is 15.7. The van der Waals surface area contributed by atoms with Gasteiger partial charge in [-0.2, -0.15) is 0 Å². The molecule has 16 heteroatoms. The van der Waals surface area contributed by atoms with E-state index in [1.807, 2.05) is 71.8 Å². The van der Waals surface area contributed by atoms with Gasteiger partial charge in [0.1, 0.15) is 18.0 Å². The van der Waals surface area contributed by atoms with Crippen LogP contribution in [0.25, 0.3) is 0 Å². The second-order valence-corrected chi connectivity index (χ2v) is 18.2. The summed E-state index contributed by atoms with van der Waals surface area (Å²) in [4.78, 5) is 77.5. The molecule has 1 saturated heterocycles. The molecule has 2 unspecified atom stereocenters. The molecule has 1 aromatic carbocycles. The maximum Gasteiger partial charge on any atom is 0.315 e. The average molecular weight is 809 g/mol. The van der Waals surface area contributed by atoms with Crippen LogP contribution < -0.4 is 5.32 Å². The van der Waals surface area contributed by atoms with Crippen LogP contribution in [0.2, 0.25) is 0 Å². The summed E-state index contributed by atoms with van der Waals surface area (Å²) in [7, 11) is 9.19. The van der Waals surface area contributed by atoms with Gasteiger partial charge in [0.15, 0.2) is 5.96 Å². The number of ether oxygens (including phenoxy) is 3. The fourth-order valence-corrected chi connectivity index (χ4v) is 9.09. The summed E-state index contributed by atoms with van der Waals surface area (Å²) in [5.74, 6) is -3.31. The fraction of sp³-hybridized carbons (Fsp3) is 0.725. The SMILES string of the molecule is CC[C@H](C)[C@@H]([C@@H](CC(=O)N1CCCC1[C@H](OC)[C@@H](C)C(=O)N[C@@H](Cc1ccccc1)P(=O)(O)CC(=O)OC)OC)N(C)C(=O)[C@@H](N=C(N(C)C)N(C)C)C(C)C. The minimum absolute atomic E-state index is 0.00668. The minimum Gasteiger partial charge on any atom is -0.469 e. The minimum atomic E-state index is -4.27. The molecular weight excluding hydrogens is 739 g/mol. The highest BCUT2D eigenvalue weighted by Crippen LogP contribution is 2.46. The summed E-state index contributed by atoms with van der Waals surface area (Å²) in [6, 6.07) is 7.36. The molecule has 2 N–H and O–H groups in total. The van der Waals surface area contributed by atoms with Gasteiger partial charge < -0.3 is 44.0 Å². The molecule has 0 aromatic heterocycles. The van der Waals surface area contributed by atoms with Crippen molar-refractivity contribution in [3.8, 4) is 0 Å². The molecule has 1 aromatic rings. The Hall–Kier alpha value is -3.52. The topological polar surface area (TPSA) is 171 Å². The third kappa shape index (κ3) is 13.0. The maximum atomic E-state index is 14.3. The zero-order valence-corrected chi connectivity index (χ0v) is 36.8. The predicted molar refractivity (Wildman–Crippen MR) is 218 cm³/mol. The largest absolute Gasteiger partial charge is 0.469 e. The molecule has 1 aliphatic heterocycles. The lowest BCUT2D eigenvalue weighted by molar-refractivity contribution is -0.146. The van der Waals surface area contributed by atoms with Crippen LogP contribution in [0.1, 0.15) is 65.9 Å². The number of aliphatic imine (C=N–C) groups is 1. The van der Waals surface area contributed by atoms with E-state index in [-0.39, 0.29) is 36.5 Å². The first-order chi connectivity index (χ1) is 26.2. The van der Waals surface area contributed by atoms with E-state index >= 15 is 0 Å². The van der Waals surface area contributed by atoms with Gasteiger partial charge in [-0.25, -0.2) is 4.99 Å². The molecule has 9 atom stereocenters. The fourth-order valence-electron chi connectivity index (χ4n) is 7.55. The maximum absolute atomic E-state index is 14.3. The van der Waals surface area contributed by atoms with E-state index < -0.39 is 67.4 Å². The van der Waals surface area contributed by atoms with Crippen molar-refractivity contribution < 1.29 is 42.8 Å². The van der Waals surface area contributed by atoms with Gasteiger partial charge in [0.05, 0.1) is 43.7 Å². The lowest BCUT2D eigenvalue weighted by Crippen LogP contribution is -2.55. The highest BCUT2D eigenvalue weighted by Gasteiger charge is 2.44. The Morgan fingerprint density at radius 2 is 1.59 bits per heavy atom. The number of methoxy groups -OCH3 is 3. The lowest BCUT2D eigenvalue weighted by atomic mass is 9.89. The number of amides is 3. The molecule has 1 fully saturated rings. The lowest BCUT2D eigenvalue weighted by Gasteiger charge is -2.40. The first-order valence-electron chi connectivity index (χ1n) is 19.5. The van der Waals surface area contributed by atoms with E-state index in [1.165, 1.54) is 7.11 Å². The summed E-state index contributed by atoms with van der Waals surface area (Å²) >= 11 is 0. The van der Waals surface area contributed by atoms with Crippen molar-refractivity contribution in [3.63, 3.8) is 0 Å². The summed E-state index contributed by atoms with van der Waals surface area (Å²) in [5, 5.41) is 2.74. The molecule has 15 nitrogen and oxygen atoms in total. The van der Waals surface area contributed by atoms with Gasteiger partial charge in [0.2, 0.25) is 25.1 Å². The van der Waals surface area contributed by atoms with Crippen LogP contribution in [0.15, 0.2) is 35.3 Å². The quantitative estimate of drug-likeness (QED) is 0.0856. The molecule has 3 amide bonds. The van der Waals surface area contributed by atoms with Crippen molar-refractivity contribution in [3.05, 3.63) is 35.9 Å². The van der Waals surface area contributed by atoms with Gasteiger partial charge in [0, 0.05) is 62.4 Å². The Bertz CT molecular complexity index is 1500. The number of likely N-dealkylation sites (N-methyl/N-ethyl adjacent to an activating group) is 1. The van der Waals surface area contributed by atoms with Crippen LogP contribution in [0.3, 0.4) is 0 Å². The van der Waals surface area contributed by atoms with Crippen molar-refractivity contribution in [2.45, 2.75) is 103 Å². The van der Waals surface area contributed by atoms with Crippen LogP contribution in [0.4, 0.5) is 0 Å². The Labute approximate surface area is 334 Å². The summed E-state index contributed by atoms with van der Waals surface area (Å²) in [6.45, 7) is 10.1. The molecule has 2 rings (SSSR count). The van der Waals surface area contributed by atoms with Gasteiger partial charge in [-0.05, 0) is 30.2 Å². The van der Waals surface area contributed by atoms with Crippen molar-refractivity contribution in [2.75, 3.05) is 69.3 Å². The van der Waals surface area contributed by atoms with Crippen molar-refractivity contribution in [1.29, 1.82) is 0 Å². The Morgan fingerprint density at radius 3 is 2.09 bits per heavy atom. The third-order valence-corrected chi connectivity index (χ3v) is 12.8. The summed E-state index contributed by atoms with van der Waals surface area (Å²) in [5.41, 5.74) is 0.704. The van der Waals surface area contributed by atoms with Crippen LogP contribution in [-0.2, 0) is 44.4 Å². The normalized spacial score (nSPS) is 19.1. The highest BCUT2D eigenvalue weighted by atomic mass is 31.2. The Morgan fingerprint density at radius 1 is 0.982 bits per heavy atom. The number of guanidine groups is 1. The smallest absolute Gasteiger partial charge is 0.315 e. The number of nitrogens with one attached hydrogen (secondary N) is 1. The Kier molecular flexibility index (Phi) is 19.5. The van der Waals surface area contributed by atoms with Crippen LogP contribution in [0, 0.1) is 17.8 Å². The van der Waals surface area contributed by atoms with Crippen LogP contribution in [0.5, 0.6) is 0 Å². The molecular formula is C40H69N6O9P. The van der Waals surface area contributed by atoms with Crippen molar-refractivity contribution in [1.82, 2.24) is 24.9 Å². The van der Waals surface area contributed by atoms with E-state index in [9.17, 15) is 28.6 Å². The molecule has 318 valence electrons. The van der Waals surface area contributed by atoms with Gasteiger partial charge in [-0.3, -0.25) is 23.7 Å². The first-order valence-corrected chi connectivity index (χ1v) is 21.4. The molecule has 1 heterocycles. The van der Waals surface area contributed by atoms with E-state index in [2.05, 4.69) is 10.1 Å². The number of nitrogens with zero attached hydrogens (tertiary/aromatic N) is 5. The molecule has 0 spiro atoms. The molecule has 0 bridgehead atoms. The molecule has 56 heavy (non-hydrogen) atoms. The average Bonchev–Trinajstić information content (AvgIpc) is 3.63. The molecule has 0 radical (unpaired) electrons. The zero-order valence-electron chi connectivity index (χ0n) is 35.9. The number of hydrogen-bond donors (Lipinski definition) is 2. The number of likely N-dealkylation sites (tertiary alicyclic amines) is 1. The van der Waals surface area contributed by atoms with E-state index in [1.54, 1.807) is 55.1 Å². The zero-order chi connectivity index (χ0) is 42.5. The molecule has 1 aliphatic rings. The van der Waals surface area contributed by atoms with Gasteiger partial charge >= 0.3 is 5.97 Å². The van der Waals surface area contributed by atoms with Gasteiger partial charge in [0.25, 0.3) is 0 Å². The van der Waals surface area contributed by atoms with Crippen LogP contribution in [-0.4, -0.2) is 160 Å². The first kappa shape index (κ1) is 48.6. The number of carbonyl (C=O) groups is 4. The monoisotopic (exact) mass is 808 g/mol. The van der Waals surface area contributed by atoms with Crippen LogP contribution >= 0.6 is 7.37 Å². The number of hydrogen-bond acceptors (Lipinski definition) is 9. The number of benzene rings is 1. The van der Waals surface area contributed by atoms with E-state index in [4.69, 9.17) is 14.5 Å². The summed E-state index contributed by atoms with van der Waals surface area (Å²) < 4.78 is 30.1. The van der Waals surface area contributed by atoms with Crippen molar-refractivity contribution in [2.24, 2.45) is 22.7 Å². The second kappa shape index (κ2) is 22.4. The van der Waals surface area contributed by atoms with Crippen molar-refractivity contribution >= 4 is 37.0 Å². The molecule has 0 saturated carbocycles. The number of rotatable bonds is 20. The summed E-state index contributed by atoms with van der Waals surface area (Å²) in [6.07, 6.45) is -0.136. The highest BCUT2D eigenvalue weighted by molar-refractivity contribution is 7.59. The van der Waals surface area contributed by atoms with E-state index in [0.29, 0.717) is 30.9 Å². The van der Waals surface area contributed by atoms with E-state index in [0.717, 1.165) is 13.5 Å². The predicted octanol–water partition coefficient (Wildman–Crippen LogP) is 3.54. The van der Waals surface area contributed by atoms with Gasteiger partial charge in [-0.1, -0.05) is 71.4 Å². The van der Waals surface area contributed by atoms with Gasteiger partial charge in [-0.15, -0.1) is 0 Å². The number of carbonyl (C=O) groups excluding carboxylic acids is 4.